The summed E-state index contributed by atoms with van der Waals surface area (Å²) in [5.74, 6) is 0.356. The number of carbonyl (C=O) groups excluding carboxylic acids is 1. The van der Waals surface area contributed by atoms with E-state index in [-0.39, 0.29) is 11.4 Å². The lowest BCUT2D eigenvalue weighted by Gasteiger charge is -2.38. The number of aromatic nitrogens is 2. The normalized spacial score (nSPS) is 25.3. The van der Waals surface area contributed by atoms with Crippen molar-refractivity contribution in [1.82, 2.24) is 15.1 Å². The number of halogens is 1. The van der Waals surface area contributed by atoms with Crippen LogP contribution in [0.3, 0.4) is 0 Å². The average Bonchev–Trinajstić information content (AvgIpc) is 2.55. The van der Waals surface area contributed by atoms with Crippen molar-refractivity contribution in [2.75, 3.05) is 6.54 Å². The molecule has 0 saturated carbocycles. The SMILES string of the molecule is CC(C)C1(C)CNC(=O)c2cc(Br)nn21. The third kappa shape index (κ3) is 1.49. The van der Waals surface area contributed by atoms with Crippen molar-refractivity contribution in [3.05, 3.63) is 16.4 Å². The molecule has 5 heteroatoms. The van der Waals surface area contributed by atoms with Gasteiger partial charge in [0, 0.05) is 12.6 Å². The highest BCUT2D eigenvalue weighted by atomic mass is 79.9. The number of hydrogen-bond acceptors (Lipinski definition) is 2. The molecule has 1 unspecified atom stereocenters. The van der Waals surface area contributed by atoms with E-state index in [4.69, 9.17) is 0 Å². The topological polar surface area (TPSA) is 46.9 Å². The van der Waals surface area contributed by atoms with Gasteiger partial charge in [-0.25, -0.2) is 0 Å². The summed E-state index contributed by atoms with van der Waals surface area (Å²) in [5, 5.41) is 7.25. The summed E-state index contributed by atoms with van der Waals surface area (Å²) in [4.78, 5) is 11.6. The minimum atomic E-state index is -0.144. The van der Waals surface area contributed by atoms with E-state index in [9.17, 15) is 4.79 Å². The molecule has 0 saturated heterocycles. The Labute approximate surface area is 97.2 Å². The molecular weight excluding hydrogens is 258 g/mol. The van der Waals surface area contributed by atoms with Gasteiger partial charge < -0.3 is 5.32 Å². The Bertz CT molecular complexity index is 413. The summed E-state index contributed by atoms with van der Waals surface area (Å²) in [6.07, 6.45) is 0. The van der Waals surface area contributed by atoms with Gasteiger partial charge >= 0.3 is 0 Å². The van der Waals surface area contributed by atoms with Gasteiger partial charge in [0.2, 0.25) is 0 Å². The lowest BCUT2D eigenvalue weighted by Crippen LogP contribution is -2.53. The number of amides is 1. The number of nitrogens with zero attached hydrogens (tertiary/aromatic N) is 2. The maximum Gasteiger partial charge on any atom is 0.269 e. The molecule has 0 fully saturated rings. The number of hydrogen-bond donors (Lipinski definition) is 1. The van der Waals surface area contributed by atoms with Crippen molar-refractivity contribution in [2.45, 2.75) is 26.3 Å². The lowest BCUT2D eigenvalue weighted by atomic mass is 9.87. The molecule has 1 aromatic heterocycles. The van der Waals surface area contributed by atoms with E-state index in [2.05, 4.69) is 47.1 Å². The van der Waals surface area contributed by atoms with Crippen LogP contribution in [0.2, 0.25) is 0 Å². The Hall–Kier alpha value is -0.840. The molecule has 4 nitrogen and oxygen atoms in total. The zero-order valence-electron chi connectivity index (χ0n) is 9.04. The molecule has 1 aliphatic heterocycles. The van der Waals surface area contributed by atoms with Crippen LogP contribution in [0, 0.1) is 5.92 Å². The van der Waals surface area contributed by atoms with Crippen LogP contribution in [0.4, 0.5) is 0 Å². The fraction of sp³-hybridized carbons (Fsp3) is 0.600. The van der Waals surface area contributed by atoms with Gasteiger partial charge in [0.15, 0.2) is 0 Å². The van der Waals surface area contributed by atoms with Crippen LogP contribution in [-0.4, -0.2) is 22.2 Å². The summed E-state index contributed by atoms with van der Waals surface area (Å²) >= 11 is 3.31. The zero-order chi connectivity index (χ0) is 11.2. The van der Waals surface area contributed by atoms with Gasteiger partial charge in [-0.1, -0.05) is 13.8 Å². The minimum absolute atomic E-state index is 0.0497. The highest BCUT2D eigenvalue weighted by molar-refractivity contribution is 9.10. The second kappa shape index (κ2) is 3.33. The maximum absolute atomic E-state index is 11.6. The number of fused-ring (bicyclic) bond motifs is 1. The summed E-state index contributed by atoms with van der Waals surface area (Å²) < 4.78 is 2.54. The Morgan fingerprint density at radius 3 is 2.93 bits per heavy atom. The minimum Gasteiger partial charge on any atom is -0.348 e. The van der Waals surface area contributed by atoms with Crippen LogP contribution < -0.4 is 5.32 Å². The summed E-state index contributed by atoms with van der Waals surface area (Å²) in [7, 11) is 0. The third-order valence-electron chi connectivity index (χ3n) is 3.25. The quantitative estimate of drug-likeness (QED) is 0.846. The summed E-state index contributed by atoms with van der Waals surface area (Å²) in [6, 6.07) is 1.76. The average molecular weight is 272 g/mol. The first kappa shape index (κ1) is 10.7. The van der Waals surface area contributed by atoms with E-state index in [0.29, 0.717) is 22.8 Å². The predicted octanol–water partition coefficient (Wildman–Crippen LogP) is 1.76. The summed E-state index contributed by atoms with van der Waals surface area (Å²) in [6.45, 7) is 7.01. The monoisotopic (exact) mass is 271 g/mol. The smallest absolute Gasteiger partial charge is 0.269 e. The Morgan fingerprint density at radius 1 is 1.67 bits per heavy atom. The maximum atomic E-state index is 11.6. The predicted molar refractivity (Wildman–Crippen MR) is 60.7 cm³/mol. The Kier molecular flexibility index (Phi) is 2.37. The van der Waals surface area contributed by atoms with Gasteiger partial charge in [-0.3, -0.25) is 9.48 Å². The molecule has 15 heavy (non-hydrogen) atoms. The Balaban J connectivity index is 2.58. The van der Waals surface area contributed by atoms with Crippen molar-refractivity contribution >= 4 is 21.8 Å². The van der Waals surface area contributed by atoms with Crippen molar-refractivity contribution in [3.63, 3.8) is 0 Å². The van der Waals surface area contributed by atoms with Crippen LogP contribution in [0.15, 0.2) is 10.7 Å². The summed E-state index contributed by atoms with van der Waals surface area (Å²) in [5.41, 5.74) is 0.485. The van der Waals surface area contributed by atoms with E-state index in [1.807, 2.05) is 4.68 Å². The van der Waals surface area contributed by atoms with Crippen LogP contribution in [0.1, 0.15) is 31.3 Å². The van der Waals surface area contributed by atoms with Gasteiger partial charge in [-0.05, 0) is 28.8 Å². The van der Waals surface area contributed by atoms with Crippen molar-refractivity contribution in [2.24, 2.45) is 5.92 Å². The van der Waals surface area contributed by atoms with Crippen molar-refractivity contribution in [1.29, 1.82) is 0 Å². The largest absolute Gasteiger partial charge is 0.348 e. The standard InChI is InChI=1S/C10H14BrN3O/c1-6(2)10(3)5-12-9(15)7-4-8(11)13-14(7)10/h4,6H,5H2,1-3H3,(H,12,15). The molecule has 0 aliphatic carbocycles. The first-order valence-corrected chi connectivity index (χ1v) is 5.78. The highest BCUT2D eigenvalue weighted by Crippen LogP contribution is 2.30. The van der Waals surface area contributed by atoms with Crippen LogP contribution in [-0.2, 0) is 5.54 Å². The van der Waals surface area contributed by atoms with E-state index >= 15 is 0 Å². The molecule has 1 aromatic rings. The van der Waals surface area contributed by atoms with Gasteiger partial charge in [0.25, 0.3) is 5.91 Å². The van der Waals surface area contributed by atoms with Gasteiger partial charge in [0.05, 0.1) is 5.54 Å². The van der Waals surface area contributed by atoms with Crippen LogP contribution in [0.25, 0.3) is 0 Å². The molecule has 0 spiro atoms. The molecule has 1 N–H and O–H groups in total. The van der Waals surface area contributed by atoms with Crippen LogP contribution in [0.5, 0.6) is 0 Å². The molecule has 1 amide bonds. The van der Waals surface area contributed by atoms with Gasteiger partial charge in [-0.2, -0.15) is 5.10 Å². The molecule has 1 atom stereocenters. The zero-order valence-corrected chi connectivity index (χ0v) is 10.6. The first-order valence-electron chi connectivity index (χ1n) is 4.99. The lowest BCUT2D eigenvalue weighted by molar-refractivity contribution is 0.0819. The van der Waals surface area contributed by atoms with E-state index in [1.165, 1.54) is 0 Å². The Morgan fingerprint density at radius 2 is 2.33 bits per heavy atom. The second-order valence-corrected chi connectivity index (χ2v) is 5.27. The molecule has 2 rings (SSSR count). The second-order valence-electron chi connectivity index (χ2n) is 4.46. The number of rotatable bonds is 1. The van der Waals surface area contributed by atoms with Gasteiger partial charge in [-0.15, -0.1) is 0 Å². The molecule has 0 radical (unpaired) electrons. The molecular formula is C10H14BrN3O. The third-order valence-corrected chi connectivity index (χ3v) is 3.63. The molecule has 0 aromatic carbocycles. The van der Waals surface area contributed by atoms with Crippen molar-refractivity contribution < 1.29 is 4.79 Å². The molecule has 82 valence electrons. The number of nitrogens with one attached hydrogen (secondary N) is 1. The van der Waals surface area contributed by atoms with Crippen molar-refractivity contribution in [3.8, 4) is 0 Å². The number of carbonyl (C=O) groups is 1. The fourth-order valence-electron chi connectivity index (χ4n) is 1.78. The van der Waals surface area contributed by atoms with Crippen LogP contribution >= 0.6 is 15.9 Å². The highest BCUT2D eigenvalue weighted by Gasteiger charge is 2.38. The van der Waals surface area contributed by atoms with E-state index in [1.54, 1.807) is 6.07 Å². The molecule has 0 bridgehead atoms. The van der Waals surface area contributed by atoms with E-state index < -0.39 is 0 Å². The molecule has 2 heterocycles. The van der Waals surface area contributed by atoms with Gasteiger partial charge in [0.1, 0.15) is 10.3 Å². The fourth-order valence-corrected chi connectivity index (χ4v) is 2.15. The first-order chi connectivity index (χ1) is 6.95. The molecule has 1 aliphatic rings. The van der Waals surface area contributed by atoms with E-state index in [0.717, 1.165) is 0 Å².